The number of aliphatic carboxylic acids is 2. The standard InChI is InChI=1S/C8H9F2NO4/c9-7(10)1-2-3(5(12)13)4(2)8(7,11)6(14)15/h2-4H,1,11H2,(H,12,13)(H,14,15)/t2-,3-,4-,8-/m0/s1. The maximum absolute atomic E-state index is 13.3. The summed E-state index contributed by atoms with van der Waals surface area (Å²) in [7, 11) is 0. The summed E-state index contributed by atoms with van der Waals surface area (Å²) in [6, 6.07) is 0. The highest BCUT2D eigenvalue weighted by Crippen LogP contribution is 2.66. The van der Waals surface area contributed by atoms with Gasteiger partial charge in [-0.25, -0.2) is 13.6 Å². The maximum Gasteiger partial charge on any atom is 0.330 e. The van der Waals surface area contributed by atoms with Crippen LogP contribution in [0, 0.1) is 17.8 Å². The van der Waals surface area contributed by atoms with Gasteiger partial charge in [-0.3, -0.25) is 4.79 Å². The summed E-state index contributed by atoms with van der Waals surface area (Å²) in [5, 5.41) is 17.4. The molecule has 0 heterocycles. The Hall–Kier alpha value is -1.24. The molecule has 5 nitrogen and oxygen atoms in total. The number of alkyl halides is 2. The van der Waals surface area contributed by atoms with Crippen LogP contribution in [0.15, 0.2) is 0 Å². The number of halogens is 2. The van der Waals surface area contributed by atoms with Crippen molar-refractivity contribution in [2.75, 3.05) is 0 Å². The van der Waals surface area contributed by atoms with E-state index in [1.54, 1.807) is 0 Å². The topological polar surface area (TPSA) is 101 Å². The first kappa shape index (κ1) is 10.3. The molecular weight excluding hydrogens is 212 g/mol. The van der Waals surface area contributed by atoms with Gasteiger partial charge < -0.3 is 15.9 Å². The van der Waals surface area contributed by atoms with Gasteiger partial charge in [-0.1, -0.05) is 0 Å². The number of rotatable bonds is 2. The van der Waals surface area contributed by atoms with Crippen molar-refractivity contribution >= 4 is 11.9 Å². The third-order valence-corrected chi connectivity index (χ3v) is 3.43. The SMILES string of the molecule is N[C@]1(C(=O)O)[C@H]2[C@@H](CC1(F)F)[C@@H]2C(=O)O. The third kappa shape index (κ3) is 0.983. The number of hydrogen-bond donors (Lipinski definition) is 3. The molecule has 0 amide bonds. The molecule has 2 aliphatic carbocycles. The van der Waals surface area contributed by atoms with Gasteiger partial charge in [-0.15, -0.1) is 0 Å². The van der Waals surface area contributed by atoms with Gasteiger partial charge in [0.2, 0.25) is 0 Å². The molecule has 0 spiro atoms. The lowest BCUT2D eigenvalue weighted by Gasteiger charge is -2.29. The van der Waals surface area contributed by atoms with Gasteiger partial charge in [0, 0.05) is 12.3 Å². The molecule has 15 heavy (non-hydrogen) atoms. The van der Waals surface area contributed by atoms with Crippen LogP contribution in [0.1, 0.15) is 6.42 Å². The highest BCUT2D eigenvalue weighted by molar-refractivity contribution is 5.86. The van der Waals surface area contributed by atoms with E-state index in [-0.39, 0.29) is 0 Å². The van der Waals surface area contributed by atoms with E-state index in [2.05, 4.69) is 0 Å². The van der Waals surface area contributed by atoms with E-state index in [0.717, 1.165) is 0 Å². The Morgan fingerprint density at radius 3 is 2.27 bits per heavy atom. The van der Waals surface area contributed by atoms with Crippen molar-refractivity contribution < 1.29 is 28.6 Å². The van der Waals surface area contributed by atoms with Crippen molar-refractivity contribution in [1.29, 1.82) is 0 Å². The molecule has 0 radical (unpaired) electrons. The fourth-order valence-electron chi connectivity index (χ4n) is 2.59. The summed E-state index contributed by atoms with van der Waals surface area (Å²) in [5.74, 6) is -9.60. The van der Waals surface area contributed by atoms with Crippen molar-refractivity contribution in [3.63, 3.8) is 0 Å². The molecule has 0 saturated heterocycles. The predicted octanol–water partition coefficient (Wildman–Crippen LogP) is -0.246. The van der Waals surface area contributed by atoms with Crippen molar-refractivity contribution in [2.45, 2.75) is 17.9 Å². The fraction of sp³-hybridized carbons (Fsp3) is 0.750. The average molecular weight is 221 g/mol. The number of hydrogen-bond acceptors (Lipinski definition) is 3. The summed E-state index contributed by atoms with van der Waals surface area (Å²) >= 11 is 0. The van der Waals surface area contributed by atoms with Crippen LogP contribution in [-0.4, -0.2) is 33.6 Å². The molecule has 4 atom stereocenters. The normalized spacial score (nSPS) is 45.9. The Kier molecular flexibility index (Phi) is 1.69. The second-order valence-corrected chi connectivity index (χ2v) is 4.14. The van der Waals surface area contributed by atoms with Gasteiger partial charge in [-0.2, -0.15) is 0 Å². The van der Waals surface area contributed by atoms with Crippen LogP contribution >= 0.6 is 0 Å². The molecule has 0 aromatic heterocycles. The Morgan fingerprint density at radius 2 is 1.87 bits per heavy atom. The van der Waals surface area contributed by atoms with Crippen molar-refractivity contribution in [2.24, 2.45) is 23.5 Å². The highest BCUT2D eigenvalue weighted by Gasteiger charge is 2.81. The summed E-state index contributed by atoms with van der Waals surface area (Å²) in [5.41, 5.74) is 2.46. The molecular formula is C8H9F2NO4. The van der Waals surface area contributed by atoms with Crippen LogP contribution in [0.2, 0.25) is 0 Å². The zero-order valence-electron chi connectivity index (χ0n) is 7.48. The number of fused-ring (bicyclic) bond motifs is 1. The van der Waals surface area contributed by atoms with E-state index in [4.69, 9.17) is 15.9 Å². The van der Waals surface area contributed by atoms with Gasteiger partial charge >= 0.3 is 11.9 Å². The van der Waals surface area contributed by atoms with E-state index < -0.39 is 47.6 Å². The molecule has 2 rings (SSSR count). The van der Waals surface area contributed by atoms with Gasteiger partial charge in [0.25, 0.3) is 5.92 Å². The lowest BCUT2D eigenvalue weighted by molar-refractivity contribution is -0.162. The van der Waals surface area contributed by atoms with Crippen molar-refractivity contribution in [1.82, 2.24) is 0 Å². The van der Waals surface area contributed by atoms with Crippen LogP contribution in [0.25, 0.3) is 0 Å². The lowest BCUT2D eigenvalue weighted by Crippen LogP contribution is -2.61. The lowest BCUT2D eigenvalue weighted by atomic mass is 9.88. The Labute approximate surface area is 82.9 Å². The Balaban J connectivity index is 2.35. The van der Waals surface area contributed by atoms with Crippen LogP contribution in [0.3, 0.4) is 0 Å². The van der Waals surface area contributed by atoms with E-state index in [0.29, 0.717) is 0 Å². The van der Waals surface area contributed by atoms with Crippen LogP contribution in [0.5, 0.6) is 0 Å². The minimum absolute atomic E-state index is 0.753. The highest BCUT2D eigenvalue weighted by atomic mass is 19.3. The van der Waals surface area contributed by atoms with Crippen LogP contribution in [-0.2, 0) is 9.59 Å². The van der Waals surface area contributed by atoms with Crippen molar-refractivity contribution in [3.05, 3.63) is 0 Å². The maximum atomic E-state index is 13.3. The summed E-state index contributed by atoms with van der Waals surface area (Å²) in [6.07, 6.45) is -0.753. The molecule has 0 aliphatic heterocycles. The number of carboxylic acid groups (broad SMARTS) is 2. The second kappa shape index (κ2) is 2.46. The van der Waals surface area contributed by atoms with Crippen LogP contribution < -0.4 is 5.73 Å². The number of nitrogens with two attached hydrogens (primary N) is 1. The minimum atomic E-state index is -3.53. The van der Waals surface area contributed by atoms with Gasteiger partial charge in [0.15, 0.2) is 5.54 Å². The zero-order valence-corrected chi connectivity index (χ0v) is 7.48. The summed E-state index contributed by atoms with van der Waals surface area (Å²) in [4.78, 5) is 21.3. The minimum Gasteiger partial charge on any atom is -0.481 e. The van der Waals surface area contributed by atoms with Gasteiger partial charge in [-0.05, 0) is 5.92 Å². The first-order valence-electron chi connectivity index (χ1n) is 4.36. The molecule has 7 heteroatoms. The first-order chi connectivity index (χ1) is 6.73. The number of carbonyl (C=O) groups is 2. The van der Waals surface area contributed by atoms with E-state index in [9.17, 15) is 18.4 Å². The Bertz CT molecular complexity index is 359. The largest absolute Gasteiger partial charge is 0.481 e. The quantitative estimate of drug-likeness (QED) is 0.597. The average Bonchev–Trinajstić information content (AvgIpc) is 2.70. The monoisotopic (exact) mass is 221 g/mol. The summed E-state index contributed by atoms with van der Waals surface area (Å²) in [6.45, 7) is 0. The van der Waals surface area contributed by atoms with Gasteiger partial charge in [0.1, 0.15) is 0 Å². The predicted molar refractivity (Wildman–Crippen MR) is 42.2 cm³/mol. The second-order valence-electron chi connectivity index (χ2n) is 4.14. The third-order valence-electron chi connectivity index (χ3n) is 3.43. The Morgan fingerprint density at radius 1 is 1.33 bits per heavy atom. The first-order valence-corrected chi connectivity index (χ1v) is 4.36. The molecule has 2 saturated carbocycles. The number of carboxylic acids is 2. The summed E-state index contributed by atoms with van der Waals surface area (Å²) < 4.78 is 26.5. The molecule has 2 fully saturated rings. The van der Waals surface area contributed by atoms with Crippen molar-refractivity contribution in [3.8, 4) is 0 Å². The molecule has 0 aromatic rings. The molecule has 4 N–H and O–H groups in total. The molecule has 0 aromatic carbocycles. The molecule has 2 aliphatic rings. The molecule has 84 valence electrons. The van der Waals surface area contributed by atoms with Gasteiger partial charge in [0.05, 0.1) is 5.92 Å². The zero-order chi connectivity index (χ0) is 11.6. The molecule has 0 unspecified atom stereocenters. The smallest absolute Gasteiger partial charge is 0.330 e. The fourth-order valence-corrected chi connectivity index (χ4v) is 2.59. The van der Waals surface area contributed by atoms with Crippen LogP contribution in [0.4, 0.5) is 8.78 Å². The van der Waals surface area contributed by atoms with E-state index in [1.807, 2.05) is 0 Å². The van der Waals surface area contributed by atoms with E-state index >= 15 is 0 Å². The molecule has 0 bridgehead atoms. The van der Waals surface area contributed by atoms with E-state index in [1.165, 1.54) is 0 Å².